The lowest BCUT2D eigenvalue weighted by Crippen LogP contribution is -2.25. The number of carbonyl (C=O) groups excluding carboxylic acids is 1. The van der Waals surface area contributed by atoms with Gasteiger partial charge in [0.15, 0.2) is 0 Å². The van der Waals surface area contributed by atoms with E-state index >= 15 is 0 Å². The molecule has 5 heteroatoms. The highest BCUT2D eigenvalue weighted by atomic mass is 32.2. The van der Waals surface area contributed by atoms with E-state index in [2.05, 4.69) is 22.8 Å². The van der Waals surface area contributed by atoms with E-state index in [-0.39, 0.29) is 5.91 Å². The Bertz CT molecular complexity index is 491. The van der Waals surface area contributed by atoms with Crippen molar-refractivity contribution in [2.75, 3.05) is 12.3 Å². The van der Waals surface area contributed by atoms with Gasteiger partial charge in [0.05, 0.1) is 11.8 Å². The van der Waals surface area contributed by atoms with E-state index in [9.17, 15) is 4.79 Å². The molecule has 0 spiro atoms. The minimum Gasteiger partial charge on any atom is -0.469 e. The van der Waals surface area contributed by atoms with Crippen LogP contribution in [0.2, 0.25) is 0 Å². The summed E-state index contributed by atoms with van der Waals surface area (Å²) in [5.41, 5.74) is 0.623. The van der Waals surface area contributed by atoms with Crippen molar-refractivity contribution in [1.29, 1.82) is 0 Å². The molecule has 2 aromatic heterocycles. The number of aryl methyl sites for hydroxylation is 1. The van der Waals surface area contributed by atoms with E-state index in [4.69, 9.17) is 4.42 Å². The molecule has 2 aromatic rings. The fraction of sp³-hybridized carbons (Fsp3) is 0.308. The monoisotopic (exact) mass is 281 g/mol. The average Bonchev–Trinajstić information content (AvgIpc) is 2.99. The Morgan fingerprint density at radius 2 is 2.39 bits per heavy atom. The first-order chi connectivity index (χ1) is 8.77. The normalized spacial score (nSPS) is 10.5. The van der Waals surface area contributed by atoms with E-state index in [1.165, 1.54) is 11.1 Å². The van der Waals surface area contributed by atoms with Gasteiger partial charge in [-0.15, -0.1) is 11.3 Å². The van der Waals surface area contributed by atoms with Crippen LogP contribution in [0.3, 0.4) is 0 Å². The van der Waals surface area contributed by atoms with Gasteiger partial charge in [-0.3, -0.25) is 4.79 Å². The van der Waals surface area contributed by atoms with E-state index < -0.39 is 0 Å². The van der Waals surface area contributed by atoms with Crippen molar-refractivity contribution >= 4 is 29.0 Å². The number of furan rings is 1. The molecule has 0 aliphatic carbocycles. The molecule has 3 nitrogen and oxygen atoms in total. The van der Waals surface area contributed by atoms with Gasteiger partial charge in [0.2, 0.25) is 0 Å². The van der Waals surface area contributed by atoms with Crippen molar-refractivity contribution in [1.82, 2.24) is 5.32 Å². The molecule has 0 atom stereocenters. The molecule has 0 aliphatic heterocycles. The fourth-order valence-corrected chi connectivity index (χ4v) is 3.22. The molecule has 0 saturated heterocycles. The highest BCUT2D eigenvalue weighted by molar-refractivity contribution is 7.98. The number of nitrogens with one attached hydrogen (secondary N) is 1. The molecule has 0 bridgehead atoms. The summed E-state index contributed by atoms with van der Waals surface area (Å²) < 4.78 is 5.10. The number of amides is 1. The Kier molecular flexibility index (Phi) is 4.90. The highest BCUT2D eigenvalue weighted by Crippen LogP contribution is 2.16. The molecule has 1 amide bonds. The fourth-order valence-electron chi connectivity index (χ4n) is 1.52. The van der Waals surface area contributed by atoms with Gasteiger partial charge in [-0.25, -0.2) is 0 Å². The molecule has 0 aliphatic rings. The number of rotatable bonds is 6. The first-order valence-corrected chi connectivity index (χ1v) is 7.73. The summed E-state index contributed by atoms with van der Waals surface area (Å²) in [4.78, 5) is 13.1. The summed E-state index contributed by atoms with van der Waals surface area (Å²) in [7, 11) is 0. The maximum atomic E-state index is 11.7. The molecular formula is C13H15NO2S2. The summed E-state index contributed by atoms with van der Waals surface area (Å²) in [5, 5.41) is 4.97. The summed E-state index contributed by atoms with van der Waals surface area (Å²) in [5.74, 6) is 2.54. The Hall–Kier alpha value is -1.20. The summed E-state index contributed by atoms with van der Waals surface area (Å²) in [6, 6.07) is 5.89. The molecular weight excluding hydrogens is 266 g/mol. The molecule has 0 fully saturated rings. The lowest BCUT2D eigenvalue weighted by Gasteiger charge is -2.03. The number of thioether (sulfide) groups is 1. The number of thiophene rings is 1. The summed E-state index contributed by atoms with van der Waals surface area (Å²) in [6.45, 7) is 2.47. The van der Waals surface area contributed by atoms with Crippen LogP contribution in [0.15, 0.2) is 34.3 Å². The van der Waals surface area contributed by atoms with Crippen molar-refractivity contribution < 1.29 is 9.21 Å². The van der Waals surface area contributed by atoms with E-state index in [1.807, 2.05) is 11.8 Å². The van der Waals surface area contributed by atoms with Crippen LogP contribution in [0, 0.1) is 6.92 Å². The first kappa shape index (κ1) is 13.2. The topological polar surface area (TPSA) is 42.2 Å². The van der Waals surface area contributed by atoms with Gasteiger partial charge in [-0.2, -0.15) is 11.8 Å². The van der Waals surface area contributed by atoms with Crippen LogP contribution in [0.4, 0.5) is 0 Å². The van der Waals surface area contributed by atoms with E-state index in [0.29, 0.717) is 17.9 Å². The predicted molar refractivity (Wildman–Crippen MR) is 76.3 cm³/mol. The van der Waals surface area contributed by atoms with Gasteiger partial charge >= 0.3 is 0 Å². The van der Waals surface area contributed by atoms with Gasteiger partial charge < -0.3 is 9.73 Å². The number of carbonyl (C=O) groups is 1. The van der Waals surface area contributed by atoms with Crippen LogP contribution in [-0.4, -0.2) is 18.2 Å². The molecule has 2 rings (SSSR count). The van der Waals surface area contributed by atoms with Crippen LogP contribution < -0.4 is 5.32 Å². The van der Waals surface area contributed by atoms with Crippen LogP contribution in [0.1, 0.15) is 21.0 Å². The van der Waals surface area contributed by atoms with Gasteiger partial charge in [0.1, 0.15) is 5.76 Å². The quantitative estimate of drug-likeness (QED) is 0.826. The Morgan fingerprint density at radius 3 is 3.06 bits per heavy atom. The first-order valence-electron chi connectivity index (χ1n) is 5.70. The Morgan fingerprint density at radius 1 is 1.50 bits per heavy atom. The second kappa shape index (κ2) is 6.66. The van der Waals surface area contributed by atoms with Crippen LogP contribution in [0.25, 0.3) is 0 Å². The van der Waals surface area contributed by atoms with Crippen molar-refractivity contribution in [2.24, 2.45) is 0 Å². The Balaban J connectivity index is 1.64. The lowest BCUT2D eigenvalue weighted by atomic mass is 10.2. The van der Waals surface area contributed by atoms with Crippen molar-refractivity contribution in [3.63, 3.8) is 0 Å². The molecule has 2 heterocycles. The van der Waals surface area contributed by atoms with Crippen LogP contribution >= 0.6 is 23.1 Å². The average molecular weight is 281 g/mol. The van der Waals surface area contributed by atoms with Gasteiger partial charge in [-0.1, -0.05) is 6.07 Å². The van der Waals surface area contributed by atoms with Gasteiger partial charge in [0.25, 0.3) is 5.91 Å². The molecule has 0 unspecified atom stereocenters. The molecule has 1 N–H and O–H groups in total. The second-order valence-electron chi connectivity index (χ2n) is 3.78. The number of hydrogen-bond acceptors (Lipinski definition) is 4. The molecule has 96 valence electrons. The highest BCUT2D eigenvalue weighted by Gasteiger charge is 2.09. The second-order valence-corrected chi connectivity index (χ2v) is 5.92. The third kappa shape index (κ3) is 3.65. The number of hydrogen-bond donors (Lipinski definition) is 1. The van der Waals surface area contributed by atoms with E-state index in [1.54, 1.807) is 24.3 Å². The zero-order valence-electron chi connectivity index (χ0n) is 10.1. The van der Waals surface area contributed by atoms with Crippen molar-refractivity contribution in [3.05, 3.63) is 46.0 Å². The van der Waals surface area contributed by atoms with Gasteiger partial charge in [0, 0.05) is 22.9 Å². The predicted octanol–water partition coefficient (Wildman–Crippen LogP) is 3.31. The van der Waals surface area contributed by atoms with Crippen molar-refractivity contribution in [2.45, 2.75) is 12.7 Å². The lowest BCUT2D eigenvalue weighted by molar-refractivity contribution is 0.0954. The maximum absolute atomic E-state index is 11.7. The standard InChI is InChI=1S/C13H15NO2S2/c1-10-12(4-6-16-10)13(15)14-5-8-17-9-11-3-2-7-18-11/h2-4,6-7H,5,8-9H2,1H3,(H,14,15). The zero-order chi connectivity index (χ0) is 12.8. The molecule has 0 saturated carbocycles. The molecule has 18 heavy (non-hydrogen) atoms. The largest absolute Gasteiger partial charge is 0.469 e. The molecule has 0 aromatic carbocycles. The van der Waals surface area contributed by atoms with Gasteiger partial charge in [-0.05, 0) is 24.4 Å². The van der Waals surface area contributed by atoms with Crippen LogP contribution in [0.5, 0.6) is 0 Å². The SMILES string of the molecule is Cc1occc1C(=O)NCCSCc1cccs1. The van der Waals surface area contributed by atoms with Crippen molar-refractivity contribution in [3.8, 4) is 0 Å². The minimum absolute atomic E-state index is 0.0574. The smallest absolute Gasteiger partial charge is 0.254 e. The third-order valence-corrected chi connectivity index (χ3v) is 4.53. The van der Waals surface area contributed by atoms with Crippen LogP contribution in [-0.2, 0) is 5.75 Å². The summed E-state index contributed by atoms with van der Waals surface area (Å²) >= 11 is 3.59. The third-order valence-electron chi connectivity index (χ3n) is 2.46. The van der Waals surface area contributed by atoms with E-state index in [0.717, 1.165) is 11.5 Å². The molecule has 0 radical (unpaired) electrons. The zero-order valence-corrected chi connectivity index (χ0v) is 11.8. The minimum atomic E-state index is -0.0574. The summed E-state index contributed by atoms with van der Waals surface area (Å²) in [6.07, 6.45) is 1.54. The Labute approximate surface area is 115 Å². The maximum Gasteiger partial charge on any atom is 0.254 e.